The molecule has 2 saturated heterocycles. The van der Waals surface area contributed by atoms with Crippen LogP contribution >= 0.6 is 0 Å². The van der Waals surface area contributed by atoms with Crippen LogP contribution in [0.2, 0.25) is 0 Å². The Kier molecular flexibility index (Phi) is 14.3. The van der Waals surface area contributed by atoms with Crippen molar-refractivity contribution in [3.05, 3.63) is 36.0 Å². The van der Waals surface area contributed by atoms with Crippen molar-refractivity contribution in [1.29, 1.82) is 0 Å². The molecule has 0 bridgehead atoms. The highest BCUT2D eigenvalue weighted by molar-refractivity contribution is 5.70. The monoisotopic (exact) mass is 676 g/mol. The molecule has 0 spiro atoms. The summed E-state index contributed by atoms with van der Waals surface area (Å²) in [7, 11) is 2.01. The van der Waals surface area contributed by atoms with E-state index in [0.717, 1.165) is 18.7 Å². The number of cyclic esters (lactones) is 1. The minimum atomic E-state index is -1.15. The van der Waals surface area contributed by atoms with Crippen LogP contribution in [0.15, 0.2) is 36.0 Å². The third-order valence-corrected chi connectivity index (χ3v) is 9.98. The molecule has 1 amide bonds. The molecule has 0 aromatic heterocycles. The zero-order valence-electron chi connectivity index (χ0n) is 30.5. The Morgan fingerprint density at radius 3 is 2.48 bits per heavy atom. The molecular weight excluding hydrogens is 616 g/mol. The molecule has 3 heterocycles. The van der Waals surface area contributed by atoms with Gasteiger partial charge in [0.1, 0.15) is 11.7 Å². The Labute approximate surface area is 287 Å². The second kappa shape index (κ2) is 17.3. The fourth-order valence-electron chi connectivity index (χ4n) is 6.57. The van der Waals surface area contributed by atoms with Crippen molar-refractivity contribution in [3.8, 4) is 0 Å². The summed E-state index contributed by atoms with van der Waals surface area (Å²) in [4.78, 5) is 42.6. The lowest BCUT2D eigenvalue weighted by Gasteiger charge is -2.38. The Morgan fingerprint density at radius 1 is 1.19 bits per heavy atom. The van der Waals surface area contributed by atoms with Crippen molar-refractivity contribution >= 4 is 18.0 Å². The summed E-state index contributed by atoms with van der Waals surface area (Å²) in [6, 6.07) is 0. The number of allylic oxidation sites excluding steroid dienone is 2. The number of esters is 2. The third kappa shape index (κ3) is 11.7. The topological polar surface area (TPSA) is 138 Å². The van der Waals surface area contributed by atoms with E-state index in [9.17, 15) is 24.6 Å². The van der Waals surface area contributed by atoms with Gasteiger partial charge in [0.05, 0.1) is 23.9 Å². The summed E-state index contributed by atoms with van der Waals surface area (Å²) in [5.41, 5.74) is -1.52. The average Bonchev–Trinajstić information content (AvgIpc) is 3.77. The van der Waals surface area contributed by atoms with Gasteiger partial charge in [-0.3, -0.25) is 9.59 Å². The van der Waals surface area contributed by atoms with E-state index >= 15 is 0 Å². The molecule has 0 radical (unpaired) electrons. The molecule has 48 heavy (non-hydrogen) atoms. The Hall–Kier alpha value is -2.73. The van der Waals surface area contributed by atoms with E-state index in [4.69, 9.17) is 18.9 Å². The van der Waals surface area contributed by atoms with Gasteiger partial charge in [0.25, 0.3) is 0 Å². The van der Waals surface area contributed by atoms with Crippen molar-refractivity contribution in [3.63, 3.8) is 0 Å². The average molecular weight is 677 g/mol. The van der Waals surface area contributed by atoms with Crippen LogP contribution in [0, 0.1) is 17.8 Å². The van der Waals surface area contributed by atoms with Crippen LogP contribution in [0.1, 0.15) is 87.5 Å². The summed E-state index contributed by atoms with van der Waals surface area (Å²) in [6.45, 7) is 17.1. The molecule has 0 aromatic rings. The van der Waals surface area contributed by atoms with Gasteiger partial charge in [-0.25, -0.2) is 4.79 Å². The summed E-state index contributed by atoms with van der Waals surface area (Å²) in [6.07, 6.45) is 8.47. The van der Waals surface area contributed by atoms with Crippen LogP contribution in [-0.4, -0.2) is 113 Å². The Morgan fingerprint density at radius 2 is 1.85 bits per heavy atom. The first-order valence-corrected chi connectivity index (χ1v) is 17.6. The molecule has 0 unspecified atom stereocenters. The number of epoxide rings is 1. The lowest BCUT2D eigenvalue weighted by molar-refractivity contribution is -0.167. The van der Waals surface area contributed by atoms with E-state index in [2.05, 4.69) is 4.90 Å². The number of hydrogen-bond donors (Lipinski definition) is 2. The van der Waals surface area contributed by atoms with Crippen LogP contribution in [0.5, 0.6) is 0 Å². The minimum Gasteiger partial charge on any atom is -0.457 e. The molecular formula is C37H60N2O9. The Bertz CT molecular complexity index is 1190. The number of carbonyl (C=O) groups is 3. The van der Waals surface area contributed by atoms with Crippen molar-refractivity contribution in [2.24, 2.45) is 17.8 Å². The molecule has 0 saturated carbocycles. The van der Waals surface area contributed by atoms with Gasteiger partial charge in [-0.15, -0.1) is 0 Å². The van der Waals surface area contributed by atoms with Crippen molar-refractivity contribution in [2.45, 2.75) is 129 Å². The molecule has 3 aliphatic rings. The van der Waals surface area contributed by atoms with Crippen molar-refractivity contribution < 1.29 is 43.5 Å². The largest absolute Gasteiger partial charge is 0.457 e. The lowest BCUT2D eigenvalue weighted by atomic mass is 9.86. The zero-order chi connectivity index (χ0) is 35.8. The molecule has 11 heteroatoms. The fourth-order valence-corrected chi connectivity index (χ4v) is 6.57. The second-order valence-electron chi connectivity index (χ2n) is 14.8. The number of rotatable bonds is 10. The highest BCUT2D eigenvalue weighted by Crippen LogP contribution is 2.38. The predicted molar refractivity (Wildman–Crippen MR) is 183 cm³/mol. The van der Waals surface area contributed by atoms with Gasteiger partial charge in [0.2, 0.25) is 0 Å². The summed E-state index contributed by atoms with van der Waals surface area (Å²) >= 11 is 0. The van der Waals surface area contributed by atoms with Gasteiger partial charge >= 0.3 is 18.0 Å². The summed E-state index contributed by atoms with van der Waals surface area (Å²) < 4.78 is 23.8. The number of amides is 1. The predicted octanol–water partition coefficient (Wildman–Crippen LogP) is 4.80. The smallest absolute Gasteiger partial charge is 0.410 e. The number of ether oxygens (including phenoxy) is 4. The highest BCUT2D eigenvalue weighted by atomic mass is 16.6. The number of piperazine rings is 1. The molecule has 2 fully saturated rings. The first-order chi connectivity index (χ1) is 22.4. The van der Waals surface area contributed by atoms with E-state index in [1.54, 1.807) is 37.0 Å². The van der Waals surface area contributed by atoms with Gasteiger partial charge in [0.15, 0.2) is 6.10 Å². The Balaban J connectivity index is 1.82. The normalized spacial score (nSPS) is 34.2. The third-order valence-electron chi connectivity index (χ3n) is 9.98. The second-order valence-corrected chi connectivity index (χ2v) is 14.8. The molecule has 3 aliphatic heterocycles. The number of hydrogen-bond acceptors (Lipinski definition) is 10. The number of nitrogens with zero attached hydrogens (tertiary/aromatic N) is 2. The van der Waals surface area contributed by atoms with E-state index in [-0.39, 0.29) is 42.4 Å². The molecule has 0 aromatic carbocycles. The number of aliphatic hydroxyl groups is 2. The van der Waals surface area contributed by atoms with Gasteiger partial charge in [-0.1, -0.05) is 52.0 Å². The standard InChI is InChI=1S/C37H60N2O9/c1-10-29(41)27(5)34-30(45-34)23-36(7,44)16-11-12-25(3)33-26(4)13-14-31(46-35(43)39-20-18-38(9)19-21-39)37(8,48-28(6)40)17-15-24(2)22-32(42)47-33/h11-14,16,24,26-27,29-31,33-34,41,44H,10,15,17-23H2,1-9H3/b14-13+,16-11+,25-12+/t24-,26+,27-,29+,30-,31+,33-,34-,36+,37-/m1/s1. The molecule has 272 valence electrons. The van der Waals surface area contributed by atoms with Crippen molar-refractivity contribution in [2.75, 3.05) is 33.2 Å². The quantitative estimate of drug-likeness (QED) is 0.109. The minimum absolute atomic E-state index is 0.00300. The number of aliphatic hydroxyl groups excluding tert-OH is 1. The number of likely N-dealkylation sites (N-methyl/N-ethyl adjacent to an activating group) is 1. The van der Waals surface area contributed by atoms with Gasteiger partial charge in [0, 0.05) is 57.8 Å². The van der Waals surface area contributed by atoms with Crippen LogP contribution < -0.4 is 0 Å². The van der Waals surface area contributed by atoms with Crippen molar-refractivity contribution in [1.82, 2.24) is 9.80 Å². The van der Waals surface area contributed by atoms with E-state index in [1.807, 2.05) is 53.8 Å². The zero-order valence-corrected chi connectivity index (χ0v) is 30.5. The van der Waals surface area contributed by atoms with Gasteiger partial charge in [-0.2, -0.15) is 0 Å². The van der Waals surface area contributed by atoms with E-state index < -0.39 is 41.6 Å². The molecule has 3 rings (SSSR count). The van der Waals surface area contributed by atoms with Crippen LogP contribution in [-0.2, 0) is 28.5 Å². The fraction of sp³-hybridized carbons (Fsp3) is 0.757. The molecule has 0 aliphatic carbocycles. The lowest BCUT2D eigenvalue weighted by Crippen LogP contribution is -2.51. The maximum Gasteiger partial charge on any atom is 0.410 e. The first-order valence-electron chi connectivity index (χ1n) is 17.6. The molecule has 10 atom stereocenters. The number of carbonyl (C=O) groups excluding carboxylic acids is 3. The van der Waals surface area contributed by atoms with Gasteiger partial charge in [-0.05, 0) is 64.6 Å². The first kappa shape index (κ1) is 39.7. The van der Waals surface area contributed by atoms with Crippen LogP contribution in [0.4, 0.5) is 4.79 Å². The van der Waals surface area contributed by atoms with E-state index in [0.29, 0.717) is 38.8 Å². The summed E-state index contributed by atoms with van der Waals surface area (Å²) in [5, 5.41) is 21.2. The summed E-state index contributed by atoms with van der Waals surface area (Å²) in [5.74, 6) is -1.21. The van der Waals surface area contributed by atoms with E-state index in [1.165, 1.54) is 6.92 Å². The van der Waals surface area contributed by atoms with Gasteiger partial charge < -0.3 is 39.0 Å². The SMILES string of the molecule is CC[C@H](O)[C@@H](C)[C@H]1O[C@@H]1C[C@@](C)(O)/C=C/C=C(\C)[C@H]1OC(=O)C[C@H](C)CC[C@@](C)(OC(C)=O)[C@@H](OC(=O)N2CCN(C)CC2)/C=C/[C@@H]1C. The maximum absolute atomic E-state index is 13.3. The molecule has 11 nitrogen and oxygen atoms in total. The van der Waals surface area contributed by atoms with Crippen LogP contribution in [0.25, 0.3) is 0 Å². The molecule has 2 N–H and O–H groups in total. The highest BCUT2D eigenvalue weighted by Gasteiger charge is 2.47. The van der Waals surface area contributed by atoms with Crippen LogP contribution in [0.3, 0.4) is 0 Å². The maximum atomic E-state index is 13.3.